The molecule has 2 heterocycles. The zero-order valence-corrected chi connectivity index (χ0v) is 11.0. The van der Waals surface area contributed by atoms with Crippen molar-refractivity contribution in [3.05, 3.63) is 35.9 Å². The summed E-state index contributed by atoms with van der Waals surface area (Å²) >= 11 is 0. The number of fused-ring (bicyclic) bond motifs is 2. The van der Waals surface area contributed by atoms with E-state index in [9.17, 15) is 4.79 Å². The van der Waals surface area contributed by atoms with Crippen molar-refractivity contribution in [3.63, 3.8) is 0 Å². The van der Waals surface area contributed by atoms with Crippen LogP contribution in [0.5, 0.6) is 0 Å². The average Bonchev–Trinajstić information content (AvgIpc) is 2.84. The molecule has 3 rings (SSSR count). The Morgan fingerprint density at radius 2 is 2.00 bits per heavy atom. The summed E-state index contributed by atoms with van der Waals surface area (Å²) in [7, 11) is 0. The van der Waals surface area contributed by atoms with Gasteiger partial charge in [0.15, 0.2) is 0 Å². The largest absolute Gasteiger partial charge is 0.445 e. The molecule has 2 N–H and O–H groups in total. The van der Waals surface area contributed by atoms with E-state index in [4.69, 9.17) is 4.74 Å². The quantitative estimate of drug-likeness (QED) is 0.876. The van der Waals surface area contributed by atoms with Crippen molar-refractivity contribution in [2.75, 3.05) is 0 Å². The van der Waals surface area contributed by atoms with E-state index in [1.54, 1.807) is 0 Å². The Bertz CT molecular complexity index is 435. The SMILES string of the molecule is O=C(NC1CC[C@H]2CC[C@@H]1N2)OCc1ccccc1. The number of alkyl carbamates (subject to hydrolysis) is 1. The molecule has 0 radical (unpaired) electrons. The molecule has 102 valence electrons. The minimum Gasteiger partial charge on any atom is -0.445 e. The number of hydrogen-bond donors (Lipinski definition) is 2. The topological polar surface area (TPSA) is 50.4 Å². The van der Waals surface area contributed by atoms with E-state index in [0.717, 1.165) is 24.8 Å². The number of carbonyl (C=O) groups is 1. The van der Waals surface area contributed by atoms with Gasteiger partial charge >= 0.3 is 6.09 Å². The van der Waals surface area contributed by atoms with E-state index < -0.39 is 0 Å². The molecule has 4 nitrogen and oxygen atoms in total. The lowest BCUT2D eigenvalue weighted by Gasteiger charge is -2.30. The van der Waals surface area contributed by atoms with Crippen LogP contribution in [0.4, 0.5) is 4.79 Å². The minimum absolute atomic E-state index is 0.224. The van der Waals surface area contributed by atoms with Crippen LogP contribution in [0.15, 0.2) is 30.3 Å². The highest BCUT2D eigenvalue weighted by atomic mass is 16.5. The van der Waals surface area contributed by atoms with Gasteiger partial charge in [-0.1, -0.05) is 30.3 Å². The van der Waals surface area contributed by atoms with Crippen molar-refractivity contribution >= 4 is 6.09 Å². The zero-order chi connectivity index (χ0) is 13.1. The van der Waals surface area contributed by atoms with E-state index in [-0.39, 0.29) is 12.1 Å². The zero-order valence-electron chi connectivity index (χ0n) is 11.0. The molecule has 0 spiro atoms. The first-order valence-corrected chi connectivity index (χ1v) is 7.04. The smallest absolute Gasteiger partial charge is 0.407 e. The van der Waals surface area contributed by atoms with Crippen LogP contribution in [0.1, 0.15) is 31.2 Å². The van der Waals surface area contributed by atoms with Gasteiger partial charge in [-0.3, -0.25) is 0 Å². The molecule has 2 fully saturated rings. The Balaban J connectivity index is 1.46. The number of rotatable bonds is 3. The summed E-state index contributed by atoms with van der Waals surface area (Å²) in [6.45, 7) is 0.333. The van der Waals surface area contributed by atoms with Gasteiger partial charge < -0.3 is 15.4 Å². The van der Waals surface area contributed by atoms with Gasteiger partial charge in [-0.2, -0.15) is 0 Å². The predicted molar refractivity (Wildman–Crippen MR) is 72.7 cm³/mol. The molecule has 2 saturated heterocycles. The van der Waals surface area contributed by atoms with E-state index in [1.807, 2.05) is 30.3 Å². The number of piperidine rings is 1. The molecule has 1 aromatic rings. The molecule has 1 amide bonds. The lowest BCUT2D eigenvalue weighted by atomic mass is 10.0. The van der Waals surface area contributed by atoms with Crippen LogP contribution in [0.2, 0.25) is 0 Å². The fraction of sp³-hybridized carbons (Fsp3) is 0.533. The summed E-state index contributed by atoms with van der Waals surface area (Å²) in [4.78, 5) is 11.8. The van der Waals surface area contributed by atoms with Gasteiger partial charge in [-0.15, -0.1) is 0 Å². The van der Waals surface area contributed by atoms with Gasteiger partial charge in [0.2, 0.25) is 0 Å². The third kappa shape index (κ3) is 3.07. The van der Waals surface area contributed by atoms with Gasteiger partial charge in [0.05, 0.1) is 0 Å². The fourth-order valence-corrected chi connectivity index (χ4v) is 3.07. The third-order valence-corrected chi connectivity index (χ3v) is 4.10. The maximum atomic E-state index is 11.8. The monoisotopic (exact) mass is 260 g/mol. The second-order valence-corrected chi connectivity index (χ2v) is 5.44. The summed E-state index contributed by atoms with van der Waals surface area (Å²) < 4.78 is 5.26. The first kappa shape index (κ1) is 12.5. The highest BCUT2D eigenvalue weighted by Crippen LogP contribution is 2.26. The van der Waals surface area contributed by atoms with Crippen LogP contribution < -0.4 is 10.6 Å². The fourth-order valence-electron chi connectivity index (χ4n) is 3.07. The van der Waals surface area contributed by atoms with Gasteiger partial charge in [0.1, 0.15) is 6.61 Å². The Morgan fingerprint density at radius 1 is 1.21 bits per heavy atom. The van der Waals surface area contributed by atoms with Crippen LogP contribution in [0.25, 0.3) is 0 Å². The molecule has 4 heteroatoms. The van der Waals surface area contributed by atoms with E-state index >= 15 is 0 Å². The predicted octanol–water partition coefficient (Wildman–Crippen LogP) is 2.20. The summed E-state index contributed by atoms with van der Waals surface area (Å²) in [6, 6.07) is 11.1. The first-order valence-electron chi connectivity index (χ1n) is 7.04. The summed E-state index contributed by atoms with van der Waals surface area (Å²) in [5.74, 6) is 0. The maximum absolute atomic E-state index is 11.8. The van der Waals surface area contributed by atoms with Crippen LogP contribution in [0, 0.1) is 0 Å². The second-order valence-electron chi connectivity index (χ2n) is 5.44. The molecule has 2 bridgehead atoms. The van der Waals surface area contributed by atoms with Crippen molar-refractivity contribution in [1.82, 2.24) is 10.6 Å². The van der Waals surface area contributed by atoms with Crippen LogP contribution in [0.3, 0.4) is 0 Å². The van der Waals surface area contributed by atoms with E-state index in [0.29, 0.717) is 18.7 Å². The molecule has 19 heavy (non-hydrogen) atoms. The number of ether oxygens (including phenoxy) is 1. The maximum Gasteiger partial charge on any atom is 0.407 e. The van der Waals surface area contributed by atoms with Crippen LogP contribution in [-0.2, 0) is 11.3 Å². The highest BCUT2D eigenvalue weighted by molar-refractivity contribution is 5.67. The average molecular weight is 260 g/mol. The minimum atomic E-state index is -0.305. The van der Waals surface area contributed by atoms with Gasteiger partial charge in [-0.05, 0) is 31.2 Å². The Kier molecular flexibility index (Phi) is 3.69. The van der Waals surface area contributed by atoms with Crippen LogP contribution in [-0.4, -0.2) is 24.2 Å². The van der Waals surface area contributed by atoms with Crippen LogP contribution >= 0.6 is 0 Å². The van der Waals surface area contributed by atoms with Gasteiger partial charge in [0, 0.05) is 18.1 Å². The molecule has 0 aliphatic carbocycles. The van der Waals surface area contributed by atoms with Crippen molar-refractivity contribution in [2.24, 2.45) is 0 Å². The first-order chi connectivity index (χ1) is 9.31. The second kappa shape index (κ2) is 5.61. The normalized spacial score (nSPS) is 28.9. The Labute approximate surface area is 113 Å². The number of nitrogens with one attached hydrogen (secondary N) is 2. The lowest BCUT2D eigenvalue weighted by Crippen LogP contribution is -2.52. The standard InChI is InChI=1S/C15H20N2O2/c18-15(19-10-11-4-2-1-3-5-11)17-14-9-7-12-6-8-13(14)16-12/h1-5,12-14,16H,6-10H2,(H,17,18)/t12-,13+,14?/m1/s1. The van der Waals surface area contributed by atoms with Gasteiger partial charge in [-0.25, -0.2) is 4.79 Å². The highest BCUT2D eigenvalue weighted by Gasteiger charge is 2.35. The number of carbonyl (C=O) groups excluding carboxylic acids is 1. The molecule has 0 aromatic heterocycles. The third-order valence-electron chi connectivity index (χ3n) is 4.10. The van der Waals surface area contributed by atoms with E-state index in [2.05, 4.69) is 10.6 Å². The lowest BCUT2D eigenvalue weighted by molar-refractivity contribution is 0.130. The summed E-state index contributed by atoms with van der Waals surface area (Å²) in [5, 5.41) is 6.54. The number of benzene rings is 1. The molecule has 1 aromatic carbocycles. The summed E-state index contributed by atoms with van der Waals surface area (Å²) in [6.07, 6.45) is 4.31. The van der Waals surface area contributed by atoms with Gasteiger partial charge in [0.25, 0.3) is 0 Å². The van der Waals surface area contributed by atoms with Crippen molar-refractivity contribution < 1.29 is 9.53 Å². The number of hydrogen-bond acceptors (Lipinski definition) is 3. The molecule has 0 saturated carbocycles. The Morgan fingerprint density at radius 3 is 2.84 bits per heavy atom. The summed E-state index contributed by atoms with van der Waals surface area (Å²) in [5.41, 5.74) is 1.01. The Hall–Kier alpha value is -1.55. The molecular weight excluding hydrogens is 240 g/mol. The van der Waals surface area contributed by atoms with E-state index in [1.165, 1.54) is 6.42 Å². The molecule has 1 unspecified atom stereocenters. The van der Waals surface area contributed by atoms with Crippen molar-refractivity contribution in [1.29, 1.82) is 0 Å². The number of amides is 1. The molecule has 3 atom stereocenters. The van der Waals surface area contributed by atoms with Crippen molar-refractivity contribution in [2.45, 2.75) is 50.4 Å². The van der Waals surface area contributed by atoms with Crippen molar-refractivity contribution in [3.8, 4) is 0 Å². The molecule has 2 aliphatic heterocycles. The molecule has 2 aliphatic rings. The molecular formula is C15H20N2O2.